The molecular formula is C32H33NO8S. The molecule has 9 nitrogen and oxygen atoms in total. The van der Waals surface area contributed by atoms with Crippen LogP contribution in [0, 0.1) is 25.7 Å². The van der Waals surface area contributed by atoms with Crippen molar-refractivity contribution >= 4 is 22.0 Å². The summed E-state index contributed by atoms with van der Waals surface area (Å²) in [5.74, 6) is 0.500. The molecule has 3 aromatic carbocycles. The second-order valence-corrected chi connectivity index (χ2v) is 12.0. The van der Waals surface area contributed by atoms with E-state index >= 15 is 0 Å². The van der Waals surface area contributed by atoms with Gasteiger partial charge >= 0.3 is 10.1 Å². The van der Waals surface area contributed by atoms with Crippen LogP contribution in [0.25, 0.3) is 6.08 Å². The number of rotatable bonds is 12. The Morgan fingerprint density at radius 1 is 1.05 bits per heavy atom. The van der Waals surface area contributed by atoms with Crippen LogP contribution in [-0.2, 0) is 16.7 Å². The van der Waals surface area contributed by atoms with Gasteiger partial charge in [0.15, 0.2) is 6.61 Å². The zero-order valence-corrected chi connectivity index (χ0v) is 25.0. The van der Waals surface area contributed by atoms with Crippen molar-refractivity contribution in [3.63, 3.8) is 0 Å². The van der Waals surface area contributed by atoms with E-state index in [4.69, 9.17) is 18.4 Å². The zero-order chi connectivity index (χ0) is 30.7. The second-order valence-electron chi connectivity index (χ2n) is 10.5. The SMILES string of the molecule is C=CCOc1cc(OS(=O)(=O)c2c(C)cc(C)cc2C)ccc1C(=O)COc1c(CN=O)ccc2c1C=CC(C)(C)O2. The summed E-state index contributed by atoms with van der Waals surface area (Å²) in [6.45, 7) is 12.3. The minimum atomic E-state index is -4.17. The standard InChI is InChI=1S/C32H33NO8S/c1-7-14-38-29-17-24(41-42(36,37)31-21(3)15-20(2)16-22(31)4)9-10-25(29)27(34)19-39-30-23(18-33-35)8-11-28-26(30)12-13-32(5,6)40-28/h7-13,15-17H,1,14,18-19H2,2-6H3. The average Bonchev–Trinajstić information content (AvgIpc) is 2.89. The fourth-order valence-corrected chi connectivity index (χ4v) is 6.18. The molecular weight excluding hydrogens is 558 g/mol. The molecule has 0 aromatic heterocycles. The van der Waals surface area contributed by atoms with Crippen LogP contribution in [0.2, 0.25) is 0 Å². The third kappa shape index (κ3) is 6.71. The first-order chi connectivity index (χ1) is 19.8. The van der Waals surface area contributed by atoms with Crippen molar-refractivity contribution in [3.8, 4) is 23.0 Å². The summed E-state index contributed by atoms with van der Waals surface area (Å²) in [6, 6.07) is 11.1. The first kappa shape index (κ1) is 30.5. The predicted molar refractivity (Wildman–Crippen MR) is 160 cm³/mol. The highest BCUT2D eigenvalue weighted by Gasteiger charge is 2.27. The largest absolute Gasteiger partial charge is 0.489 e. The highest BCUT2D eigenvalue weighted by Crippen LogP contribution is 2.40. The van der Waals surface area contributed by atoms with Crippen molar-refractivity contribution in [2.24, 2.45) is 5.18 Å². The molecule has 1 heterocycles. The summed E-state index contributed by atoms with van der Waals surface area (Å²) in [6.07, 6.45) is 5.18. The van der Waals surface area contributed by atoms with Crippen LogP contribution >= 0.6 is 0 Å². The Labute approximate surface area is 245 Å². The third-order valence-corrected chi connectivity index (χ3v) is 8.07. The molecule has 0 bridgehead atoms. The Morgan fingerprint density at radius 3 is 2.43 bits per heavy atom. The van der Waals surface area contributed by atoms with Crippen LogP contribution in [0.3, 0.4) is 0 Å². The molecule has 0 atom stereocenters. The molecule has 10 heteroatoms. The molecule has 0 N–H and O–H groups in total. The Morgan fingerprint density at radius 2 is 1.76 bits per heavy atom. The van der Waals surface area contributed by atoms with Gasteiger partial charge in [-0.2, -0.15) is 13.3 Å². The number of Topliss-reactive ketones (excluding diaryl/α,β-unsaturated/α-hetero) is 1. The fourth-order valence-electron chi connectivity index (χ4n) is 4.84. The van der Waals surface area contributed by atoms with E-state index in [1.807, 2.05) is 32.9 Å². The first-order valence-electron chi connectivity index (χ1n) is 13.2. The molecule has 0 saturated heterocycles. The van der Waals surface area contributed by atoms with Gasteiger partial charge in [0.25, 0.3) is 0 Å². The summed E-state index contributed by atoms with van der Waals surface area (Å²) < 4.78 is 49.5. The molecule has 0 aliphatic carbocycles. The van der Waals surface area contributed by atoms with Crippen molar-refractivity contribution in [1.29, 1.82) is 0 Å². The van der Waals surface area contributed by atoms with Crippen LogP contribution in [0.1, 0.15) is 52.0 Å². The number of hydrogen-bond donors (Lipinski definition) is 0. The van der Waals surface area contributed by atoms with Crippen molar-refractivity contribution in [2.75, 3.05) is 13.2 Å². The quantitative estimate of drug-likeness (QED) is 0.0994. The van der Waals surface area contributed by atoms with E-state index in [9.17, 15) is 18.1 Å². The van der Waals surface area contributed by atoms with Crippen LogP contribution < -0.4 is 18.4 Å². The molecule has 0 spiro atoms. The molecule has 42 heavy (non-hydrogen) atoms. The molecule has 0 radical (unpaired) electrons. The lowest BCUT2D eigenvalue weighted by molar-refractivity contribution is 0.0915. The molecule has 0 unspecified atom stereocenters. The van der Waals surface area contributed by atoms with Gasteiger partial charge in [-0.25, -0.2) is 0 Å². The predicted octanol–water partition coefficient (Wildman–Crippen LogP) is 6.66. The van der Waals surface area contributed by atoms with Crippen molar-refractivity contribution in [3.05, 3.63) is 99.5 Å². The van der Waals surface area contributed by atoms with Crippen LogP contribution in [-0.4, -0.2) is 33.0 Å². The summed E-state index contributed by atoms with van der Waals surface area (Å²) in [5.41, 5.74) is 2.79. The number of carbonyl (C=O) groups excluding carboxylic acids is 1. The van der Waals surface area contributed by atoms with E-state index in [0.717, 1.165) is 5.56 Å². The van der Waals surface area contributed by atoms with E-state index in [2.05, 4.69) is 11.8 Å². The lowest BCUT2D eigenvalue weighted by atomic mass is 9.99. The monoisotopic (exact) mass is 591 g/mol. The van der Waals surface area contributed by atoms with Crippen LogP contribution in [0.5, 0.6) is 23.0 Å². The number of ether oxygens (including phenoxy) is 3. The molecule has 0 amide bonds. The minimum Gasteiger partial charge on any atom is -0.489 e. The highest BCUT2D eigenvalue weighted by atomic mass is 32.2. The topological polar surface area (TPSA) is 118 Å². The van der Waals surface area contributed by atoms with Crippen molar-refractivity contribution in [2.45, 2.75) is 51.7 Å². The van der Waals surface area contributed by atoms with Crippen molar-refractivity contribution < 1.29 is 31.6 Å². The summed E-state index contributed by atoms with van der Waals surface area (Å²) >= 11 is 0. The number of fused-ring (bicyclic) bond motifs is 1. The van der Waals surface area contributed by atoms with Gasteiger partial charge in [0.1, 0.15) is 46.6 Å². The second kappa shape index (κ2) is 12.2. The lowest BCUT2D eigenvalue weighted by Crippen LogP contribution is -2.27. The summed E-state index contributed by atoms with van der Waals surface area (Å²) in [5, 5.41) is 2.98. The molecule has 1 aliphatic heterocycles. The lowest BCUT2D eigenvalue weighted by Gasteiger charge is -2.29. The maximum absolute atomic E-state index is 13.4. The van der Waals surface area contributed by atoms with E-state index in [-0.39, 0.29) is 35.1 Å². The molecule has 0 fully saturated rings. The van der Waals surface area contributed by atoms with Gasteiger partial charge in [-0.1, -0.05) is 35.5 Å². The van der Waals surface area contributed by atoms with Gasteiger partial charge in [-0.15, -0.1) is 0 Å². The number of aryl methyl sites for hydroxylation is 3. The number of benzene rings is 3. The summed E-state index contributed by atoms with van der Waals surface area (Å²) in [4.78, 5) is 24.5. The van der Waals surface area contributed by atoms with Gasteiger partial charge in [-0.3, -0.25) is 4.79 Å². The molecule has 1 aliphatic rings. The van der Waals surface area contributed by atoms with Gasteiger partial charge in [0.2, 0.25) is 5.78 Å². The normalized spacial score (nSPS) is 13.5. The Bertz CT molecular complexity index is 1670. The molecule has 4 rings (SSSR count). The molecule has 0 saturated carbocycles. The smallest absolute Gasteiger partial charge is 0.339 e. The fraction of sp³-hybridized carbons (Fsp3) is 0.281. The van der Waals surface area contributed by atoms with E-state index in [1.54, 1.807) is 38.1 Å². The van der Waals surface area contributed by atoms with Gasteiger partial charge in [-0.05, 0) is 82.2 Å². The Balaban J connectivity index is 1.61. The number of hydrogen-bond acceptors (Lipinski definition) is 9. The van der Waals surface area contributed by atoms with Gasteiger partial charge in [0, 0.05) is 11.6 Å². The zero-order valence-electron chi connectivity index (χ0n) is 24.2. The van der Waals surface area contributed by atoms with Gasteiger partial charge < -0.3 is 18.4 Å². The highest BCUT2D eigenvalue weighted by molar-refractivity contribution is 7.87. The van der Waals surface area contributed by atoms with Crippen LogP contribution in [0.15, 0.2) is 71.3 Å². The number of carbonyl (C=O) groups is 1. The Hall–Kier alpha value is -4.44. The van der Waals surface area contributed by atoms with E-state index in [1.165, 1.54) is 24.3 Å². The van der Waals surface area contributed by atoms with Crippen molar-refractivity contribution in [1.82, 2.24) is 0 Å². The number of ketones is 1. The Kier molecular flexibility index (Phi) is 8.86. The third-order valence-electron chi connectivity index (χ3n) is 6.52. The van der Waals surface area contributed by atoms with Gasteiger partial charge in [0.05, 0.1) is 11.1 Å². The summed E-state index contributed by atoms with van der Waals surface area (Å²) in [7, 11) is -4.17. The molecule has 220 valence electrons. The maximum Gasteiger partial charge on any atom is 0.339 e. The average molecular weight is 592 g/mol. The first-order valence-corrected chi connectivity index (χ1v) is 14.7. The van der Waals surface area contributed by atoms with E-state index < -0.39 is 28.1 Å². The molecule has 3 aromatic rings. The number of nitrogens with zero attached hydrogens (tertiary/aromatic N) is 1. The van der Waals surface area contributed by atoms with E-state index in [0.29, 0.717) is 33.8 Å². The minimum absolute atomic E-state index is 0.0210. The van der Waals surface area contributed by atoms with Crippen LogP contribution in [0.4, 0.5) is 0 Å². The maximum atomic E-state index is 13.4. The number of nitroso groups, excluding NO2 is 1.